The average Bonchev–Trinajstić information content (AvgIpc) is 3.08. The van der Waals surface area contributed by atoms with Crippen molar-refractivity contribution in [2.24, 2.45) is 5.73 Å². The summed E-state index contributed by atoms with van der Waals surface area (Å²) in [7, 11) is 1.67. The summed E-state index contributed by atoms with van der Waals surface area (Å²) in [5, 5.41) is 8.36. The number of hydrogen-bond donors (Lipinski definition) is 1. The molecular formula is C15H20N4O2. The minimum atomic E-state index is 0.209. The van der Waals surface area contributed by atoms with Crippen molar-refractivity contribution in [3.8, 4) is 22.8 Å². The van der Waals surface area contributed by atoms with Crippen LogP contribution in [-0.2, 0) is 13.0 Å². The van der Waals surface area contributed by atoms with Gasteiger partial charge in [-0.25, -0.2) is 0 Å². The summed E-state index contributed by atoms with van der Waals surface area (Å²) >= 11 is 0. The lowest BCUT2D eigenvalue weighted by atomic mass is 10.0. The summed E-state index contributed by atoms with van der Waals surface area (Å²) in [6.07, 6.45) is 3.92. The molecule has 0 bridgehead atoms. The number of fused-ring (bicyclic) bond motifs is 1. The van der Waals surface area contributed by atoms with Gasteiger partial charge in [0.2, 0.25) is 0 Å². The lowest BCUT2D eigenvalue weighted by Crippen LogP contribution is -2.06. The van der Waals surface area contributed by atoms with Gasteiger partial charge < -0.3 is 15.2 Å². The van der Waals surface area contributed by atoms with Gasteiger partial charge in [0, 0.05) is 24.1 Å². The van der Waals surface area contributed by atoms with E-state index in [1.165, 1.54) is 5.56 Å². The zero-order chi connectivity index (χ0) is 14.8. The van der Waals surface area contributed by atoms with Gasteiger partial charge in [-0.2, -0.15) is 0 Å². The first-order chi connectivity index (χ1) is 10.2. The first-order valence-corrected chi connectivity index (χ1v) is 7.19. The number of methoxy groups -OCH3 is 1. The average molecular weight is 288 g/mol. The van der Waals surface area contributed by atoms with Crippen molar-refractivity contribution in [3.63, 3.8) is 0 Å². The van der Waals surface area contributed by atoms with E-state index in [9.17, 15) is 0 Å². The highest BCUT2D eigenvalue weighted by molar-refractivity contribution is 5.70. The second-order valence-electron chi connectivity index (χ2n) is 5.30. The molecule has 0 saturated heterocycles. The third-order valence-electron chi connectivity index (χ3n) is 3.62. The van der Waals surface area contributed by atoms with E-state index in [1.807, 2.05) is 18.3 Å². The Balaban J connectivity index is 1.94. The van der Waals surface area contributed by atoms with E-state index < -0.39 is 0 Å². The Morgan fingerprint density at radius 1 is 1.48 bits per heavy atom. The molecule has 1 aliphatic rings. The Hall–Kier alpha value is -2.08. The van der Waals surface area contributed by atoms with Crippen LogP contribution in [0.1, 0.15) is 18.9 Å². The number of aryl methyl sites for hydroxylation is 1. The summed E-state index contributed by atoms with van der Waals surface area (Å²) in [4.78, 5) is 0. The van der Waals surface area contributed by atoms with Crippen LogP contribution in [0.3, 0.4) is 0 Å². The predicted octanol–water partition coefficient (Wildman–Crippen LogP) is 1.63. The third kappa shape index (κ3) is 2.71. The van der Waals surface area contributed by atoms with Gasteiger partial charge in [-0.15, -0.1) is 5.10 Å². The van der Waals surface area contributed by atoms with Crippen LogP contribution in [0.5, 0.6) is 11.5 Å². The van der Waals surface area contributed by atoms with Crippen molar-refractivity contribution in [3.05, 3.63) is 23.9 Å². The zero-order valence-corrected chi connectivity index (χ0v) is 12.4. The van der Waals surface area contributed by atoms with E-state index in [0.29, 0.717) is 6.54 Å². The minimum absolute atomic E-state index is 0.209. The number of nitrogens with two attached hydrogens (primary N) is 1. The molecule has 3 rings (SSSR count). The van der Waals surface area contributed by atoms with E-state index in [2.05, 4.69) is 17.2 Å². The molecule has 112 valence electrons. The van der Waals surface area contributed by atoms with Crippen molar-refractivity contribution in [2.45, 2.75) is 32.4 Å². The number of nitrogens with zero attached hydrogens (tertiary/aromatic N) is 3. The maximum Gasteiger partial charge on any atom is 0.128 e. The Kier molecular flexibility index (Phi) is 3.79. The van der Waals surface area contributed by atoms with Gasteiger partial charge in [-0.05, 0) is 32.0 Å². The second kappa shape index (κ2) is 5.73. The Morgan fingerprint density at radius 2 is 2.33 bits per heavy atom. The van der Waals surface area contributed by atoms with E-state index in [1.54, 1.807) is 11.8 Å². The number of rotatable bonds is 5. The largest absolute Gasteiger partial charge is 0.496 e. The maximum atomic E-state index is 5.81. The highest BCUT2D eigenvalue weighted by atomic mass is 16.5. The van der Waals surface area contributed by atoms with Crippen LogP contribution in [0.2, 0.25) is 0 Å². The van der Waals surface area contributed by atoms with Crippen LogP contribution in [0.4, 0.5) is 0 Å². The summed E-state index contributed by atoms with van der Waals surface area (Å²) < 4.78 is 13.1. The normalized spacial score (nSPS) is 16.6. The van der Waals surface area contributed by atoms with Gasteiger partial charge >= 0.3 is 0 Å². The summed E-state index contributed by atoms with van der Waals surface area (Å²) in [5.41, 5.74) is 8.39. The monoisotopic (exact) mass is 288 g/mol. The van der Waals surface area contributed by atoms with Crippen molar-refractivity contribution in [1.82, 2.24) is 15.0 Å². The van der Waals surface area contributed by atoms with Crippen LogP contribution in [-0.4, -0.2) is 34.8 Å². The highest BCUT2D eigenvalue weighted by Gasteiger charge is 2.23. The molecule has 2 N–H and O–H groups in total. The summed E-state index contributed by atoms with van der Waals surface area (Å²) in [6, 6.07) is 4.03. The molecule has 1 aliphatic heterocycles. The number of benzene rings is 1. The predicted molar refractivity (Wildman–Crippen MR) is 79.5 cm³/mol. The van der Waals surface area contributed by atoms with E-state index in [4.69, 9.17) is 15.2 Å². The molecule has 1 atom stereocenters. The third-order valence-corrected chi connectivity index (χ3v) is 3.62. The molecular weight excluding hydrogens is 268 g/mol. The quantitative estimate of drug-likeness (QED) is 0.905. The molecule has 0 spiro atoms. The summed E-state index contributed by atoms with van der Waals surface area (Å²) in [5.74, 6) is 1.71. The first-order valence-electron chi connectivity index (χ1n) is 7.19. The van der Waals surface area contributed by atoms with Crippen LogP contribution in [0, 0.1) is 0 Å². The maximum absolute atomic E-state index is 5.81. The molecule has 2 heterocycles. The van der Waals surface area contributed by atoms with E-state index in [-0.39, 0.29) is 6.10 Å². The van der Waals surface area contributed by atoms with Gasteiger partial charge in [0.05, 0.1) is 13.3 Å². The van der Waals surface area contributed by atoms with Gasteiger partial charge in [-0.1, -0.05) is 5.21 Å². The Labute approximate surface area is 123 Å². The fourth-order valence-corrected chi connectivity index (χ4v) is 2.59. The summed E-state index contributed by atoms with van der Waals surface area (Å²) in [6.45, 7) is 3.47. The van der Waals surface area contributed by atoms with E-state index in [0.717, 1.165) is 42.1 Å². The molecule has 0 fully saturated rings. The zero-order valence-electron chi connectivity index (χ0n) is 12.4. The molecule has 2 aromatic rings. The fraction of sp³-hybridized carbons (Fsp3) is 0.467. The van der Waals surface area contributed by atoms with Crippen molar-refractivity contribution < 1.29 is 9.47 Å². The minimum Gasteiger partial charge on any atom is -0.496 e. The molecule has 1 unspecified atom stereocenters. The molecule has 0 saturated carbocycles. The van der Waals surface area contributed by atoms with Crippen LogP contribution >= 0.6 is 0 Å². The smallest absolute Gasteiger partial charge is 0.128 e. The Bertz CT molecular complexity index is 639. The molecule has 1 aromatic heterocycles. The standard InChI is InChI=1S/C15H20N4O2/c1-10-6-11-7-15(20-2)12(8-14(11)21-10)13-9-19(18-17-13)5-3-4-16/h7-10H,3-6,16H2,1-2H3. The van der Waals surface area contributed by atoms with Crippen molar-refractivity contribution in [2.75, 3.05) is 13.7 Å². The molecule has 1 aromatic carbocycles. The van der Waals surface area contributed by atoms with Gasteiger partial charge in [0.15, 0.2) is 0 Å². The number of aromatic nitrogens is 3. The lowest BCUT2D eigenvalue weighted by molar-refractivity contribution is 0.254. The van der Waals surface area contributed by atoms with Gasteiger partial charge in [-0.3, -0.25) is 4.68 Å². The van der Waals surface area contributed by atoms with Gasteiger partial charge in [0.1, 0.15) is 23.3 Å². The molecule has 0 radical (unpaired) electrons. The fourth-order valence-electron chi connectivity index (χ4n) is 2.59. The van der Waals surface area contributed by atoms with Crippen molar-refractivity contribution in [1.29, 1.82) is 0 Å². The molecule has 6 nitrogen and oxygen atoms in total. The SMILES string of the molecule is COc1cc2c(cc1-c1cn(CCCN)nn1)OC(C)C2. The second-order valence-corrected chi connectivity index (χ2v) is 5.30. The highest BCUT2D eigenvalue weighted by Crippen LogP contribution is 2.39. The van der Waals surface area contributed by atoms with Crippen LogP contribution in [0.25, 0.3) is 11.3 Å². The number of hydrogen-bond acceptors (Lipinski definition) is 5. The van der Waals surface area contributed by atoms with E-state index >= 15 is 0 Å². The molecule has 21 heavy (non-hydrogen) atoms. The van der Waals surface area contributed by atoms with Crippen LogP contribution < -0.4 is 15.2 Å². The Morgan fingerprint density at radius 3 is 3.10 bits per heavy atom. The first kappa shape index (κ1) is 13.9. The number of ether oxygens (including phenoxy) is 2. The molecule has 0 amide bonds. The van der Waals surface area contributed by atoms with Crippen LogP contribution in [0.15, 0.2) is 18.3 Å². The lowest BCUT2D eigenvalue weighted by Gasteiger charge is -2.09. The molecule has 0 aliphatic carbocycles. The molecule has 6 heteroatoms. The van der Waals surface area contributed by atoms with Crippen molar-refractivity contribution >= 4 is 0 Å². The topological polar surface area (TPSA) is 75.2 Å². The van der Waals surface area contributed by atoms with Gasteiger partial charge in [0.25, 0.3) is 0 Å².